The number of alkyl halides is 3. The van der Waals surface area contributed by atoms with Gasteiger partial charge >= 0.3 is 6.18 Å². The van der Waals surface area contributed by atoms with Crippen molar-refractivity contribution >= 4 is 12.6 Å². The Hall–Kier alpha value is -0.710. The quantitative estimate of drug-likeness (QED) is 0.492. The third-order valence-electron chi connectivity index (χ3n) is 1.59. The van der Waals surface area contributed by atoms with Gasteiger partial charge in [0.05, 0.1) is 5.56 Å². The van der Waals surface area contributed by atoms with E-state index in [1.54, 1.807) is 0 Å². The van der Waals surface area contributed by atoms with Crippen molar-refractivity contribution in [1.29, 1.82) is 0 Å². The summed E-state index contributed by atoms with van der Waals surface area (Å²) in [6, 6.07) is 1.51. The van der Waals surface area contributed by atoms with Crippen LogP contribution < -0.4 is 0 Å². The van der Waals surface area contributed by atoms with Gasteiger partial charge in [-0.2, -0.15) is 13.2 Å². The third kappa shape index (κ3) is 2.15. The fourth-order valence-corrected chi connectivity index (χ4v) is 1.07. The molecule has 0 saturated heterocycles. The van der Waals surface area contributed by atoms with Gasteiger partial charge in [0.2, 0.25) is 0 Å². The number of benzene rings is 1. The van der Waals surface area contributed by atoms with Crippen molar-refractivity contribution in [2.75, 3.05) is 0 Å². The normalized spacial score (nSPS) is 11.8. The zero-order valence-corrected chi connectivity index (χ0v) is 7.51. The minimum atomic E-state index is -4.64. The van der Waals surface area contributed by atoms with Crippen LogP contribution in [0.2, 0.25) is 0 Å². The van der Waals surface area contributed by atoms with Gasteiger partial charge in [-0.15, -0.1) is 12.6 Å². The van der Waals surface area contributed by atoms with Gasteiger partial charge in [0.15, 0.2) is 0 Å². The van der Waals surface area contributed by atoms with Gasteiger partial charge in [-0.25, -0.2) is 4.39 Å². The molecule has 0 atom stereocenters. The Morgan fingerprint density at radius 3 is 2.23 bits per heavy atom. The van der Waals surface area contributed by atoms with Crippen LogP contribution in [0.3, 0.4) is 0 Å². The summed E-state index contributed by atoms with van der Waals surface area (Å²) in [6.45, 7) is 1.44. The first-order valence-corrected chi connectivity index (χ1v) is 3.83. The van der Waals surface area contributed by atoms with Crippen LogP contribution in [0.1, 0.15) is 11.1 Å². The Balaban J connectivity index is 3.32. The zero-order chi connectivity index (χ0) is 10.2. The van der Waals surface area contributed by atoms with E-state index in [1.807, 2.05) is 0 Å². The van der Waals surface area contributed by atoms with Crippen molar-refractivity contribution < 1.29 is 17.6 Å². The Bertz CT molecular complexity index is 330. The van der Waals surface area contributed by atoms with Crippen LogP contribution in [0, 0.1) is 12.7 Å². The number of hydrogen-bond acceptors (Lipinski definition) is 1. The van der Waals surface area contributed by atoms with Crippen LogP contribution in [-0.4, -0.2) is 0 Å². The summed E-state index contributed by atoms with van der Waals surface area (Å²) in [5.74, 6) is -1.29. The molecule has 1 aromatic rings. The van der Waals surface area contributed by atoms with E-state index >= 15 is 0 Å². The maximum absolute atomic E-state index is 12.8. The van der Waals surface area contributed by atoms with Gasteiger partial charge in [-0.3, -0.25) is 0 Å². The highest BCUT2D eigenvalue weighted by Crippen LogP contribution is 2.33. The van der Waals surface area contributed by atoms with Gasteiger partial charge < -0.3 is 0 Å². The summed E-state index contributed by atoms with van der Waals surface area (Å²) in [7, 11) is 0. The molecule has 72 valence electrons. The Labute approximate surface area is 78.0 Å². The lowest BCUT2D eigenvalue weighted by molar-refractivity contribution is -0.140. The third-order valence-corrected chi connectivity index (χ3v) is 2.07. The molecule has 1 rings (SSSR count). The molecule has 0 spiro atoms. The molecule has 0 heterocycles. The minimum Gasteiger partial charge on any atom is -0.206 e. The fourth-order valence-electron chi connectivity index (χ4n) is 0.888. The van der Waals surface area contributed by atoms with Gasteiger partial charge in [0.1, 0.15) is 5.82 Å². The van der Waals surface area contributed by atoms with Crippen molar-refractivity contribution in [1.82, 2.24) is 0 Å². The minimum absolute atomic E-state index is 0.213. The van der Waals surface area contributed by atoms with E-state index in [2.05, 4.69) is 12.6 Å². The van der Waals surface area contributed by atoms with Crippen LogP contribution in [-0.2, 0) is 6.18 Å². The first-order chi connectivity index (χ1) is 5.82. The van der Waals surface area contributed by atoms with Gasteiger partial charge in [0, 0.05) is 4.90 Å². The number of thiol groups is 1. The first-order valence-electron chi connectivity index (χ1n) is 3.38. The smallest absolute Gasteiger partial charge is 0.206 e. The first kappa shape index (κ1) is 10.4. The molecule has 0 bridgehead atoms. The van der Waals surface area contributed by atoms with E-state index in [4.69, 9.17) is 0 Å². The van der Waals surface area contributed by atoms with Crippen LogP contribution >= 0.6 is 12.6 Å². The molecule has 0 N–H and O–H groups in total. The molecule has 13 heavy (non-hydrogen) atoms. The summed E-state index contributed by atoms with van der Waals surface area (Å²) >= 11 is 3.80. The molecule has 0 aliphatic heterocycles. The summed E-state index contributed by atoms with van der Waals surface area (Å²) in [6.07, 6.45) is -4.64. The maximum atomic E-state index is 12.8. The van der Waals surface area contributed by atoms with Crippen molar-refractivity contribution in [2.45, 2.75) is 18.0 Å². The lowest BCUT2D eigenvalue weighted by atomic mass is 10.1. The topological polar surface area (TPSA) is 0 Å². The fraction of sp³-hybridized carbons (Fsp3) is 0.250. The standard InChI is InChI=1S/C8H6F4S/c1-4-2-5(8(10,11)12)6(9)3-7(4)13/h2-3,13H,1H3. The number of halogens is 4. The summed E-state index contributed by atoms with van der Waals surface area (Å²) in [5, 5.41) is 0. The average Bonchev–Trinajstić information content (AvgIpc) is 1.94. The second-order valence-electron chi connectivity index (χ2n) is 2.62. The van der Waals surface area contributed by atoms with E-state index in [-0.39, 0.29) is 4.90 Å². The Morgan fingerprint density at radius 2 is 1.77 bits per heavy atom. The van der Waals surface area contributed by atoms with Crippen molar-refractivity contribution in [3.05, 3.63) is 29.1 Å². The Kier molecular flexibility index (Phi) is 2.56. The summed E-state index contributed by atoms with van der Waals surface area (Å²) in [4.78, 5) is 0.213. The van der Waals surface area contributed by atoms with Gasteiger partial charge in [-0.1, -0.05) is 0 Å². The number of aryl methyl sites for hydroxylation is 1. The van der Waals surface area contributed by atoms with Crippen molar-refractivity contribution in [3.63, 3.8) is 0 Å². The van der Waals surface area contributed by atoms with E-state index in [9.17, 15) is 17.6 Å². The number of rotatable bonds is 0. The summed E-state index contributed by atoms with van der Waals surface area (Å²) < 4.78 is 49.0. The molecule has 0 aliphatic rings. The van der Waals surface area contributed by atoms with E-state index in [0.717, 1.165) is 12.1 Å². The lowest BCUT2D eigenvalue weighted by Crippen LogP contribution is -2.08. The maximum Gasteiger partial charge on any atom is 0.419 e. The predicted octanol–water partition coefficient (Wildman–Crippen LogP) is 3.44. The lowest BCUT2D eigenvalue weighted by Gasteiger charge is -2.09. The second-order valence-corrected chi connectivity index (χ2v) is 3.10. The molecule has 0 fully saturated rings. The van der Waals surface area contributed by atoms with Crippen LogP contribution in [0.5, 0.6) is 0 Å². The molecule has 0 saturated carbocycles. The predicted molar refractivity (Wildman–Crippen MR) is 43.4 cm³/mol. The van der Waals surface area contributed by atoms with E-state index < -0.39 is 17.6 Å². The molecule has 0 unspecified atom stereocenters. The molecular weight excluding hydrogens is 204 g/mol. The van der Waals surface area contributed by atoms with E-state index in [0.29, 0.717) is 5.56 Å². The monoisotopic (exact) mass is 210 g/mol. The molecule has 0 nitrogen and oxygen atoms in total. The van der Waals surface area contributed by atoms with Crippen LogP contribution in [0.4, 0.5) is 17.6 Å². The molecule has 0 aromatic heterocycles. The van der Waals surface area contributed by atoms with Crippen molar-refractivity contribution in [3.8, 4) is 0 Å². The second kappa shape index (κ2) is 3.21. The molecule has 0 radical (unpaired) electrons. The SMILES string of the molecule is Cc1cc(C(F)(F)F)c(F)cc1S. The van der Waals surface area contributed by atoms with Gasteiger partial charge in [-0.05, 0) is 24.6 Å². The van der Waals surface area contributed by atoms with Gasteiger partial charge in [0.25, 0.3) is 0 Å². The molecule has 5 heteroatoms. The average molecular weight is 210 g/mol. The highest BCUT2D eigenvalue weighted by molar-refractivity contribution is 7.80. The van der Waals surface area contributed by atoms with Crippen LogP contribution in [0.15, 0.2) is 17.0 Å². The summed E-state index contributed by atoms with van der Waals surface area (Å²) in [5.41, 5.74) is -0.945. The molecule has 0 amide bonds. The highest BCUT2D eigenvalue weighted by atomic mass is 32.1. The largest absolute Gasteiger partial charge is 0.419 e. The number of hydrogen-bond donors (Lipinski definition) is 1. The Morgan fingerprint density at radius 1 is 1.23 bits per heavy atom. The van der Waals surface area contributed by atoms with Crippen LogP contribution in [0.25, 0.3) is 0 Å². The molecular formula is C8H6F4S. The molecule has 0 aliphatic carbocycles. The highest BCUT2D eigenvalue weighted by Gasteiger charge is 2.34. The molecule has 1 aromatic carbocycles. The van der Waals surface area contributed by atoms with Crippen molar-refractivity contribution in [2.24, 2.45) is 0 Å². The van der Waals surface area contributed by atoms with E-state index in [1.165, 1.54) is 6.92 Å². The zero-order valence-electron chi connectivity index (χ0n) is 6.61.